The van der Waals surface area contributed by atoms with Crippen LogP contribution in [0.2, 0.25) is 0 Å². The SMILES string of the molecule is CC(CN(C)C)NC(=O)C(F)(F)C(F)(F)F. The quantitative estimate of drug-likeness (QED) is 0.759. The lowest BCUT2D eigenvalue weighted by Gasteiger charge is -2.23. The Morgan fingerprint density at radius 1 is 1.25 bits per heavy atom. The Hall–Kier alpha value is -0.920. The van der Waals surface area contributed by atoms with Gasteiger partial charge in [0.15, 0.2) is 0 Å². The molecule has 0 aromatic carbocycles. The molecule has 0 bridgehead atoms. The van der Waals surface area contributed by atoms with Gasteiger partial charge in [0.2, 0.25) is 0 Å². The van der Waals surface area contributed by atoms with Crippen LogP contribution in [0.5, 0.6) is 0 Å². The van der Waals surface area contributed by atoms with Crippen molar-refractivity contribution in [2.24, 2.45) is 0 Å². The first-order valence-corrected chi connectivity index (χ1v) is 4.38. The van der Waals surface area contributed by atoms with E-state index in [2.05, 4.69) is 0 Å². The number of hydrogen-bond acceptors (Lipinski definition) is 2. The molecule has 96 valence electrons. The summed E-state index contributed by atoms with van der Waals surface area (Å²) in [5.41, 5.74) is 0. The number of amides is 1. The summed E-state index contributed by atoms with van der Waals surface area (Å²) in [7, 11) is 3.20. The normalized spacial score (nSPS) is 15.1. The highest BCUT2D eigenvalue weighted by molar-refractivity contribution is 5.84. The fraction of sp³-hybridized carbons (Fsp3) is 0.875. The first kappa shape index (κ1) is 15.1. The molecule has 1 amide bonds. The number of alkyl halides is 5. The maximum Gasteiger partial charge on any atom is 0.463 e. The van der Waals surface area contributed by atoms with Crippen molar-refractivity contribution in [3.63, 3.8) is 0 Å². The fourth-order valence-corrected chi connectivity index (χ4v) is 1.04. The average molecular weight is 248 g/mol. The molecular formula is C8H13F5N2O. The van der Waals surface area contributed by atoms with Crippen molar-refractivity contribution in [3.05, 3.63) is 0 Å². The van der Waals surface area contributed by atoms with E-state index in [9.17, 15) is 26.7 Å². The molecule has 1 atom stereocenters. The molecule has 16 heavy (non-hydrogen) atoms. The Morgan fingerprint density at radius 3 is 2.00 bits per heavy atom. The predicted octanol–water partition coefficient (Wildman–Crippen LogP) is 1.25. The summed E-state index contributed by atoms with van der Waals surface area (Å²) in [6, 6.07) is -0.796. The van der Waals surface area contributed by atoms with Gasteiger partial charge in [-0.05, 0) is 21.0 Å². The Morgan fingerprint density at radius 2 is 1.69 bits per heavy atom. The Bertz CT molecular complexity index is 251. The van der Waals surface area contributed by atoms with Gasteiger partial charge in [0.05, 0.1) is 0 Å². The van der Waals surface area contributed by atoms with Gasteiger partial charge in [-0.2, -0.15) is 22.0 Å². The predicted molar refractivity (Wildman–Crippen MR) is 47.2 cm³/mol. The second kappa shape index (κ2) is 4.94. The van der Waals surface area contributed by atoms with Crippen molar-refractivity contribution in [1.82, 2.24) is 10.2 Å². The number of hydrogen-bond donors (Lipinski definition) is 1. The summed E-state index contributed by atoms with van der Waals surface area (Å²) >= 11 is 0. The number of carbonyl (C=O) groups is 1. The largest absolute Gasteiger partial charge is 0.463 e. The summed E-state index contributed by atoms with van der Waals surface area (Å²) in [5, 5.41) is 1.61. The van der Waals surface area contributed by atoms with E-state index in [-0.39, 0.29) is 6.54 Å². The van der Waals surface area contributed by atoms with E-state index >= 15 is 0 Å². The molecule has 0 heterocycles. The lowest BCUT2D eigenvalue weighted by atomic mass is 10.2. The zero-order valence-corrected chi connectivity index (χ0v) is 9.03. The van der Waals surface area contributed by atoms with Gasteiger partial charge in [0, 0.05) is 12.6 Å². The van der Waals surface area contributed by atoms with Gasteiger partial charge in [-0.3, -0.25) is 4.79 Å². The molecule has 0 aliphatic carbocycles. The minimum absolute atomic E-state index is 0.166. The van der Waals surface area contributed by atoms with Crippen LogP contribution >= 0.6 is 0 Å². The topological polar surface area (TPSA) is 32.3 Å². The maximum atomic E-state index is 12.5. The third-order valence-electron chi connectivity index (χ3n) is 1.66. The number of halogens is 5. The van der Waals surface area contributed by atoms with Gasteiger partial charge in [-0.25, -0.2) is 0 Å². The van der Waals surface area contributed by atoms with Crippen LogP contribution in [0, 0.1) is 0 Å². The monoisotopic (exact) mass is 248 g/mol. The zero-order chi connectivity index (χ0) is 13.1. The average Bonchev–Trinajstić information content (AvgIpc) is 1.99. The lowest BCUT2D eigenvalue weighted by Crippen LogP contribution is -2.53. The van der Waals surface area contributed by atoms with Crippen LogP contribution in [0.1, 0.15) is 6.92 Å². The van der Waals surface area contributed by atoms with E-state index in [0.29, 0.717) is 0 Å². The summed E-state index contributed by atoms with van der Waals surface area (Å²) in [4.78, 5) is 12.3. The van der Waals surface area contributed by atoms with Gasteiger partial charge in [-0.1, -0.05) is 0 Å². The lowest BCUT2D eigenvalue weighted by molar-refractivity contribution is -0.270. The third-order valence-corrected chi connectivity index (χ3v) is 1.66. The van der Waals surface area contributed by atoms with E-state index in [1.165, 1.54) is 6.92 Å². The van der Waals surface area contributed by atoms with Crippen molar-refractivity contribution in [2.75, 3.05) is 20.6 Å². The molecule has 0 aromatic heterocycles. The Labute approximate surface area is 89.6 Å². The zero-order valence-electron chi connectivity index (χ0n) is 9.03. The highest BCUT2D eigenvalue weighted by Gasteiger charge is 2.63. The van der Waals surface area contributed by atoms with Gasteiger partial charge >= 0.3 is 18.0 Å². The number of nitrogens with one attached hydrogen (secondary N) is 1. The Balaban J connectivity index is 4.47. The number of carbonyl (C=O) groups excluding carboxylic acids is 1. The minimum Gasteiger partial charge on any atom is -0.347 e. The van der Waals surface area contributed by atoms with E-state index in [1.807, 2.05) is 0 Å². The molecule has 0 fully saturated rings. The fourth-order valence-electron chi connectivity index (χ4n) is 1.04. The van der Waals surface area contributed by atoms with Gasteiger partial charge in [0.1, 0.15) is 0 Å². The van der Waals surface area contributed by atoms with E-state index in [0.717, 1.165) is 0 Å². The highest BCUT2D eigenvalue weighted by atomic mass is 19.4. The molecule has 0 rings (SSSR count). The van der Waals surface area contributed by atoms with Crippen molar-refractivity contribution in [3.8, 4) is 0 Å². The van der Waals surface area contributed by atoms with Crippen molar-refractivity contribution in [2.45, 2.75) is 25.1 Å². The molecule has 8 heteroatoms. The molecular weight excluding hydrogens is 235 g/mol. The number of nitrogens with zero attached hydrogens (tertiary/aromatic N) is 1. The Kier molecular flexibility index (Phi) is 4.66. The van der Waals surface area contributed by atoms with E-state index < -0.39 is 24.0 Å². The van der Waals surface area contributed by atoms with Gasteiger partial charge < -0.3 is 10.2 Å². The molecule has 0 spiro atoms. The molecule has 0 aromatic rings. The number of rotatable bonds is 4. The minimum atomic E-state index is -5.87. The summed E-state index contributed by atoms with van der Waals surface area (Å²) in [6.45, 7) is 1.50. The summed E-state index contributed by atoms with van der Waals surface area (Å²) < 4.78 is 60.3. The first-order chi connectivity index (χ1) is 6.98. The summed E-state index contributed by atoms with van der Waals surface area (Å²) in [5.74, 6) is -7.68. The summed E-state index contributed by atoms with van der Waals surface area (Å²) in [6.07, 6.45) is -5.87. The van der Waals surface area contributed by atoms with Gasteiger partial charge in [0.25, 0.3) is 0 Å². The molecule has 0 radical (unpaired) electrons. The van der Waals surface area contributed by atoms with Crippen molar-refractivity contribution < 1.29 is 26.7 Å². The molecule has 1 N–H and O–H groups in total. The smallest absolute Gasteiger partial charge is 0.347 e. The van der Waals surface area contributed by atoms with Crippen LogP contribution in [0.4, 0.5) is 22.0 Å². The van der Waals surface area contributed by atoms with Crippen LogP contribution in [0.25, 0.3) is 0 Å². The van der Waals surface area contributed by atoms with Crippen LogP contribution in [0.3, 0.4) is 0 Å². The second-order valence-electron chi connectivity index (χ2n) is 3.71. The molecule has 3 nitrogen and oxygen atoms in total. The van der Waals surface area contributed by atoms with Crippen molar-refractivity contribution >= 4 is 5.91 Å². The van der Waals surface area contributed by atoms with Gasteiger partial charge in [-0.15, -0.1) is 0 Å². The second-order valence-corrected chi connectivity index (χ2v) is 3.71. The number of likely N-dealkylation sites (N-methyl/N-ethyl adjacent to an activating group) is 1. The molecule has 0 aliphatic rings. The van der Waals surface area contributed by atoms with E-state index in [4.69, 9.17) is 0 Å². The molecule has 1 unspecified atom stereocenters. The maximum absolute atomic E-state index is 12.5. The first-order valence-electron chi connectivity index (χ1n) is 4.38. The van der Waals surface area contributed by atoms with Crippen LogP contribution in [-0.2, 0) is 4.79 Å². The molecule has 0 saturated carbocycles. The van der Waals surface area contributed by atoms with Crippen molar-refractivity contribution in [1.29, 1.82) is 0 Å². The highest BCUT2D eigenvalue weighted by Crippen LogP contribution is 2.35. The standard InChI is InChI=1S/C8H13F5N2O/c1-5(4-15(2)3)14-6(16)7(9,10)8(11,12)13/h5H,4H2,1-3H3,(H,14,16). The van der Waals surface area contributed by atoms with E-state index in [1.54, 1.807) is 24.3 Å². The van der Waals surface area contributed by atoms with Crippen LogP contribution in [0.15, 0.2) is 0 Å². The van der Waals surface area contributed by atoms with Crippen LogP contribution < -0.4 is 5.32 Å². The third kappa shape index (κ3) is 3.92. The molecule has 0 aliphatic heterocycles. The van der Waals surface area contributed by atoms with Crippen LogP contribution in [-0.4, -0.2) is 49.6 Å². The molecule has 0 saturated heterocycles.